The second kappa shape index (κ2) is 10.2. The lowest BCUT2D eigenvalue weighted by Gasteiger charge is -2.30. The van der Waals surface area contributed by atoms with Gasteiger partial charge < -0.3 is 15.0 Å². The number of carbonyl (C=O) groups excluding carboxylic acids is 3. The molecule has 0 aliphatic carbocycles. The van der Waals surface area contributed by atoms with Crippen LogP contribution in [0.25, 0.3) is 0 Å². The van der Waals surface area contributed by atoms with E-state index in [2.05, 4.69) is 22.3 Å². The van der Waals surface area contributed by atoms with Gasteiger partial charge in [-0.15, -0.1) is 0 Å². The van der Waals surface area contributed by atoms with Crippen LogP contribution in [0.15, 0.2) is 48.5 Å². The van der Waals surface area contributed by atoms with E-state index in [9.17, 15) is 14.4 Å². The fourth-order valence-corrected chi connectivity index (χ4v) is 3.58. The molecule has 0 radical (unpaired) electrons. The second-order valence-corrected chi connectivity index (χ2v) is 7.94. The van der Waals surface area contributed by atoms with E-state index < -0.39 is 11.9 Å². The first-order chi connectivity index (χ1) is 14.9. The minimum Gasteiger partial charge on any atom is -0.465 e. The largest absolute Gasteiger partial charge is 0.465 e. The number of methoxy groups -OCH3 is 1. The van der Waals surface area contributed by atoms with E-state index in [0.717, 1.165) is 25.9 Å². The number of hydrogen-bond donors (Lipinski definition) is 2. The summed E-state index contributed by atoms with van der Waals surface area (Å²) in [4.78, 5) is 38.8. The molecule has 31 heavy (non-hydrogen) atoms. The average Bonchev–Trinajstić information content (AvgIpc) is 2.78. The molecule has 0 aromatic heterocycles. The molecule has 0 bridgehead atoms. The molecule has 7 nitrogen and oxygen atoms in total. The molecule has 3 rings (SSSR count). The monoisotopic (exact) mass is 439 g/mol. The average molecular weight is 440 g/mol. The predicted octanol–water partition coefficient (Wildman–Crippen LogP) is 3.47. The smallest absolute Gasteiger partial charge is 0.337 e. The van der Waals surface area contributed by atoms with Crippen LogP contribution in [0.4, 0.5) is 5.69 Å². The van der Waals surface area contributed by atoms with Crippen LogP contribution >= 0.6 is 12.2 Å². The molecule has 1 fully saturated rings. The highest BCUT2D eigenvalue weighted by Gasteiger charge is 2.21. The quantitative estimate of drug-likeness (QED) is 0.560. The number of esters is 1. The van der Waals surface area contributed by atoms with Gasteiger partial charge in [-0.25, -0.2) is 4.79 Å². The van der Waals surface area contributed by atoms with Crippen molar-refractivity contribution < 1.29 is 19.1 Å². The summed E-state index contributed by atoms with van der Waals surface area (Å²) in [6.45, 7) is 3.72. The second-order valence-electron chi connectivity index (χ2n) is 7.54. The lowest BCUT2D eigenvalue weighted by atomic mass is 9.98. The summed E-state index contributed by atoms with van der Waals surface area (Å²) < 4.78 is 4.67. The van der Waals surface area contributed by atoms with Gasteiger partial charge in [0.2, 0.25) is 0 Å². The van der Waals surface area contributed by atoms with Crippen molar-refractivity contribution in [2.75, 3.05) is 25.5 Å². The topological polar surface area (TPSA) is 87.7 Å². The Morgan fingerprint density at radius 3 is 2.35 bits per heavy atom. The van der Waals surface area contributed by atoms with Gasteiger partial charge in [0.25, 0.3) is 11.8 Å². The van der Waals surface area contributed by atoms with Crippen LogP contribution < -0.4 is 10.6 Å². The summed E-state index contributed by atoms with van der Waals surface area (Å²) in [7, 11) is 1.28. The van der Waals surface area contributed by atoms with E-state index >= 15 is 0 Å². The third-order valence-electron chi connectivity index (χ3n) is 5.21. The molecule has 2 aromatic carbocycles. The molecular formula is C23H25N3O4S. The highest BCUT2D eigenvalue weighted by Crippen LogP contribution is 2.19. The molecule has 1 aliphatic heterocycles. The summed E-state index contributed by atoms with van der Waals surface area (Å²) in [5.41, 5.74) is 1.71. The maximum Gasteiger partial charge on any atom is 0.337 e. The van der Waals surface area contributed by atoms with Crippen LogP contribution in [0.2, 0.25) is 0 Å². The number of carbonyl (C=O) groups is 3. The molecule has 2 amide bonds. The van der Waals surface area contributed by atoms with Crippen LogP contribution in [-0.4, -0.2) is 48.0 Å². The van der Waals surface area contributed by atoms with Crippen molar-refractivity contribution in [2.24, 2.45) is 5.92 Å². The van der Waals surface area contributed by atoms with Gasteiger partial charge in [0.05, 0.1) is 12.7 Å². The molecule has 0 atom stereocenters. The Morgan fingerprint density at radius 1 is 1.00 bits per heavy atom. The number of amides is 2. The number of nitrogens with zero attached hydrogens (tertiary/aromatic N) is 1. The molecular weight excluding hydrogens is 414 g/mol. The molecule has 0 unspecified atom stereocenters. The van der Waals surface area contributed by atoms with E-state index in [-0.39, 0.29) is 22.1 Å². The molecule has 8 heteroatoms. The van der Waals surface area contributed by atoms with Crippen LogP contribution in [0.3, 0.4) is 0 Å². The van der Waals surface area contributed by atoms with Crippen LogP contribution in [0, 0.1) is 5.92 Å². The number of anilines is 1. The molecule has 1 saturated heterocycles. The number of piperidine rings is 1. The first kappa shape index (κ1) is 22.4. The number of nitrogens with one attached hydrogen (secondary N) is 2. The summed E-state index contributed by atoms with van der Waals surface area (Å²) in [5.74, 6) is -0.352. The number of thiocarbonyl (C=S) groups is 1. The summed E-state index contributed by atoms with van der Waals surface area (Å²) >= 11 is 5.24. The van der Waals surface area contributed by atoms with Gasteiger partial charge in [-0.05, 0) is 67.4 Å². The molecule has 2 N–H and O–H groups in total. The highest BCUT2D eigenvalue weighted by molar-refractivity contribution is 7.80. The first-order valence-corrected chi connectivity index (χ1v) is 10.5. The zero-order valence-corrected chi connectivity index (χ0v) is 18.3. The van der Waals surface area contributed by atoms with Gasteiger partial charge >= 0.3 is 5.97 Å². The lowest BCUT2D eigenvalue weighted by Crippen LogP contribution is -2.38. The Hall–Kier alpha value is -3.26. The Balaban J connectivity index is 1.62. The van der Waals surface area contributed by atoms with Crippen molar-refractivity contribution in [2.45, 2.75) is 19.8 Å². The Kier molecular flexibility index (Phi) is 7.36. The standard InChI is InChI=1S/C23H25N3O4S/c1-15-9-11-26(12-10-15)21(28)17-6-4-8-19(14-17)24-23(31)25-20(27)16-5-3-7-18(13-16)22(29)30-2/h3-8,13-15H,9-12H2,1-2H3,(H2,24,25,27,31). The highest BCUT2D eigenvalue weighted by atomic mass is 32.1. The minimum absolute atomic E-state index is 0.00914. The van der Waals surface area contributed by atoms with Gasteiger partial charge in [0.1, 0.15) is 0 Å². The Bertz CT molecular complexity index is 1000. The number of hydrogen-bond acceptors (Lipinski definition) is 5. The molecule has 0 spiro atoms. The number of ether oxygens (including phenoxy) is 1. The maximum absolute atomic E-state index is 12.8. The van der Waals surface area contributed by atoms with Crippen molar-refractivity contribution in [3.8, 4) is 0 Å². The first-order valence-electron chi connectivity index (χ1n) is 10.1. The van der Waals surface area contributed by atoms with Gasteiger partial charge in [0, 0.05) is 29.9 Å². The van der Waals surface area contributed by atoms with Crippen molar-refractivity contribution in [1.29, 1.82) is 0 Å². The summed E-state index contributed by atoms with van der Waals surface area (Å²) in [6.07, 6.45) is 2.02. The third kappa shape index (κ3) is 5.88. The summed E-state index contributed by atoms with van der Waals surface area (Å²) in [5, 5.41) is 5.60. The van der Waals surface area contributed by atoms with Gasteiger partial charge in [-0.3, -0.25) is 14.9 Å². The minimum atomic E-state index is -0.528. The van der Waals surface area contributed by atoms with E-state index in [1.54, 1.807) is 42.5 Å². The molecule has 2 aromatic rings. The Morgan fingerprint density at radius 2 is 1.65 bits per heavy atom. The Labute approximate surface area is 186 Å². The predicted molar refractivity (Wildman–Crippen MR) is 122 cm³/mol. The zero-order chi connectivity index (χ0) is 22.4. The number of benzene rings is 2. The zero-order valence-electron chi connectivity index (χ0n) is 17.5. The van der Waals surface area contributed by atoms with Gasteiger partial charge in [0.15, 0.2) is 5.11 Å². The van der Waals surface area contributed by atoms with Gasteiger partial charge in [-0.2, -0.15) is 0 Å². The molecule has 162 valence electrons. The van der Waals surface area contributed by atoms with E-state index in [0.29, 0.717) is 17.2 Å². The van der Waals surface area contributed by atoms with Crippen molar-refractivity contribution in [3.05, 3.63) is 65.2 Å². The summed E-state index contributed by atoms with van der Waals surface area (Å²) in [6, 6.07) is 13.2. The molecule has 1 aliphatic rings. The molecule has 1 heterocycles. The van der Waals surface area contributed by atoms with E-state index in [1.165, 1.54) is 13.2 Å². The van der Waals surface area contributed by atoms with Crippen molar-refractivity contribution >= 4 is 40.8 Å². The van der Waals surface area contributed by atoms with Crippen LogP contribution in [0.5, 0.6) is 0 Å². The number of rotatable bonds is 4. The lowest BCUT2D eigenvalue weighted by molar-refractivity contribution is 0.0600. The fourth-order valence-electron chi connectivity index (χ4n) is 3.37. The maximum atomic E-state index is 12.8. The SMILES string of the molecule is COC(=O)c1cccc(C(=O)NC(=S)Nc2cccc(C(=O)N3CCC(C)CC3)c2)c1. The van der Waals surface area contributed by atoms with E-state index in [4.69, 9.17) is 12.2 Å². The van der Waals surface area contributed by atoms with Crippen molar-refractivity contribution in [1.82, 2.24) is 10.2 Å². The third-order valence-corrected chi connectivity index (χ3v) is 5.42. The fraction of sp³-hybridized carbons (Fsp3) is 0.304. The van der Waals surface area contributed by atoms with Crippen molar-refractivity contribution in [3.63, 3.8) is 0 Å². The number of likely N-dealkylation sites (tertiary alicyclic amines) is 1. The van der Waals surface area contributed by atoms with Crippen LogP contribution in [-0.2, 0) is 4.74 Å². The van der Waals surface area contributed by atoms with E-state index in [1.807, 2.05) is 4.90 Å². The molecule has 0 saturated carbocycles. The normalized spacial score (nSPS) is 13.9. The van der Waals surface area contributed by atoms with Crippen LogP contribution in [0.1, 0.15) is 50.8 Å². The van der Waals surface area contributed by atoms with Gasteiger partial charge in [-0.1, -0.05) is 19.1 Å².